The molecule has 3 rings (SSSR count). The zero-order chi connectivity index (χ0) is 17.8. The number of hydrogen-bond acceptors (Lipinski definition) is 3. The first-order valence-electron chi connectivity index (χ1n) is 8.92. The third kappa shape index (κ3) is 4.37. The number of carbonyl (C=O) groups is 2. The van der Waals surface area contributed by atoms with Gasteiger partial charge in [0.15, 0.2) is 0 Å². The lowest BCUT2D eigenvalue weighted by molar-refractivity contribution is -0.140. The molecular formula is C19H25FN2O3. The van der Waals surface area contributed by atoms with E-state index in [0.717, 1.165) is 24.8 Å². The van der Waals surface area contributed by atoms with Crippen LogP contribution in [-0.2, 0) is 14.3 Å². The maximum Gasteiger partial charge on any atom is 0.226 e. The third-order valence-corrected chi connectivity index (χ3v) is 5.02. The first-order valence-corrected chi connectivity index (χ1v) is 8.92. The Labute approximate surface area is 147 Å². The fourth-order valence-electron chi connectivity index (χ4n) is 3.45. The highest BCUT2D eigenvalue weighted by molar-refractivity contribution is 5.84. The van der Waals surface area contributed by atoms with Gasteiger partial charge in [-0.05, 0) is 43.4 Å². The maximum atomic E-state index is 13.2. The van der Waals surface area contributed by atoms with Gasteiger partial charge in [-0.3, -0.25) is 9.59 Å². The Hall–Kier alpha value is -1.95. The zero-order valence-corrected chi connectivity index (χ0v) is 14.5. The number of likely N-dealkylation sites (tertiary alicyclic amines) is 1. The van der Waals surface area contributed by atoms with E-state index in [4.69, 9.17) is 4.74 Å². The van der Waals surface area contributed by atoms with Crippen molar-refractivity contribution in [3.05, 3.63) is 35.6 Å². The average molecular weight is 348 g/mol. The predicted molar refractivity (Wildman–Crippen MR) is 91.2 cm³/mol. The van der Waals surface area contributed by atoms with Crippen molar-refractivity contribution < 1.29 is 18.7 Å². The summed E-state index contributed by atoms with van der Waals surface area (Å²) in [6.07, 6.45) is 3.29. The normalized spacial score (nSPS) is 23.4. The molecule has 0 aromatic heterocycles. The Bertz CT molecular complexity index is 616. The summed E-state index contributed by atoms with van der Waals surface area (Å²) in [5, 5.41) is 2.87. The van der Waals surface area contributed by atoms with E-state index in [2.05, 4.69) is 5.32 Å². The number of benzene rings is 1. The molecule has 25 heavy (non-hydrogen) atoms. The highest BCUT2D eigenvalue weighted by Gasteiger charge is 2.41. The number of carbonyl (C=O) groups excluding carboxylic acids is 2. The number of ether oxygens (including phenoxy) is 1. The number of amides is 2. The van der Waals surface area contributed by atoms with Gasteiger partial charge in [0.2, 0.25) is 11.8 Å². The van der Waals surface area contributed by atoms with E-state index in [1.165, 1.54) is 12.1 Å². The molecule has 1 N–H and O–H groups in total. The molecule has 2 amide bonds. The first-order chi connectivity index (χ1) is 12.1. The van der Waals surface area contributed by atoms with Crippen molar-refractivity contribution >= 4 is 11.8 Å². The molecule has 6 heteroatoms. The monoisotopic (exact) mass is 348 g/mol. The minimum atomic E-state index is -0.282. The largest absolute Gasteiger partial charge is 0.383 e. The lowest BCUT2D eigenvalue weighted by Gasteiger charge is -2.39. The molecule has 2 fully saturated rings. The van der Waals surface area contributed by atoms with Crippen molar-refractivity contribution in [2.24, 2.45) is 11.8 Å². The van der Waals surface area contributed by atoms with Crippen LogP contribution in [0.1, 0.15) is 37.3 Å². The van der Waals surface area contributed by atoms with Crippen LogP contribution in [0, 0.1) is 17.7 Å². The van der Waals surface area contributed by atoms with Crippen molar-refractivity contribution in [2.75, 3.05) is 26.8 Å². The summed E-state index contributed by atoms with van der Waals surface area (Å²) in [4.78, 5) is 26.9. The smallest absolute Gasteiger partial charge is 0.226 e. The molecule has 0 bridgehead atoms. The fraction of sp³-hybridized carbons (Fsp3) is 0.579. The quantitative estimate of drug-likeness (QED) is 0.803. The minimum absolute atomic E-state index is 0.0248. The molecule has 1 aromatic rings. The Balaban J connectivity index is 1.71. The van der Waals surface area contributed by atoms with E-state index in [9.17, 15) is 14.0 Å². The van der Waals surface area contributed by atoms with Gasteiger partial charge in [0, 0.05) is 26.1 Å². The summed E-state index contributed by atoms with van der Waals surface area (Å²) < 4.78 is 18.2. The second-order valence-electron chi connectivity index (χ2n) is 6.89. The summed E-state index contributed by atoms with van der Waals surface area (Å²) in [6.45, 7) is 1.38. The molecule has 2 aliphatic rings. The standard InChI is InChI=1S/C19H25FN2O3/c1-25-11-10-21-18(23)15-6-9-17(13-4-7-16(20)8-5-13)22(12-15)19(24)14-2-3-14/h4-5,7-8,14-15,17H,2-3,6,9-12H2,1H3,(H,21,23)/t15-,17+/m1/s1. The van der Waals surface area contributed by atoms with E-state index in [-0.39, 0.29) is 35.5 Å². The second-order valence-corrected chi connectivity index (χ2v) is 6.89. The average Bonchev–Trinajstić information content (AvgIpc) is 3.46. The number of rotatable bonds is 6. The van der Waals surface area contributed by atoms with Crippen LogP contribution in [0.25, 0.3) is 0 Å². The van der Waals surface area contributed by atoms with Gasteiger partial charge >= 0.3 is 0 Å². The van der Waals surface area contributed by atoms with E-state index < -0.39 is 0 Å². The van der Waals surface area contributed by atoms with Crippen LogP contribution in [0.2, 0.25) is 0 Å². The maximum absolute atomic E-state index is 13.2. The van der Waals surface area contributed by atoms with E-state index in [1.807, 2.05) is 4.90 Å². The number of methoxy groups -OCH3 is 1. The molecule has 1 saturated heterocycles. The SMILES string of the molecule is COCCNC(=O)[C@@H]1CC[C@@H](c2ccc(F)cc2)N(C(=O)C2CC2)C1. The van der Waals surface area contributed by atoms with Gasteiger partial charge in [-0.25, -0.2) is 4.39 Å². The van der Waals surface area contributed by atoms with Crippen LogP contribution in [-0.4, -0.2) is 43.5 Å². The van der Waals surface area contributed by atoms with E-state index in [1.54, 1.807) is 19.2 Å². The van der Waals surface area contributed by atoms with Crippen LogP contribution in [0.3, 0.4) is 0 Å². The van der Waals surface area contributed by atoms with Gasteiger partial charge in [0.05, 0.1) is 18.6 Å². The summed E-state index contributed by atoms with van der Waals surface area (Å²) in [7, 11) is 1.59. The Morgan fingerprint density at radius 1 is 1.16 bits per heavy atom. The molecule has 2 atom stereocenters. The van der Waals surface area contributed by atoms with Gasteiger partial charge in [-0.1, -0.05) is 12.1 Å². The molecule has 1 aliphatic carbocycles. The highest BCUT2D eigenvalue weighted by atomic mass is 19.1. The third-order valence-electron chi connectivity index (χ3n) is 5.02. The summed E-state index contributed by atoms with van der Waals surface area (Å²) >= 11 is 0. The fourth-order valence-corrected chi connectivity index (χ4v) is 3.45. The zero-order valence-electron chi connectivity index (χ0n) is 14.5. The molecule has 5 nitrogen and oxygen atoms in total. The minimum Gasteiger partial charge on any atom is -0.383 e. The predicted octanol–water partition coefficient (Wildman–Crippen LogP) is 2.28. The van der Waals surface area contributed by atoms with Gasteiger partial charge in [0.25, 0.3) is 0 Å². The molecule has 0 radical (unpaired) electrons. The van der Waals surface area contributed by atoms with Gasteiger partial charge in [-0.2, -0.15) is 0 Å². The van der Waals surface area contributed by atoms with Crippen molar-refractivity contribution in [1.29, 1.82) is 0 Å². The molecule has 1 heterocycles. The van der Waals surface area contributed by atoms with Crippen molar-refractivity contribution in [2.45, 2.75) is 31.7 Å². The lowest BCUT2D eigenvalue weighted by atomic mass is 9.88. The molecular weight excluding hydrogens is 323 g/mol. The van der Waals surface area contributed by atoms with Gasteiger partial charge in [0.1, 0.15) is 5.82 Å². The van der Waals surface area contributed by atoms with Crippen molar-refractivity contribution in [3.63, 3.8) is 0 Å². The second kappa shape index (κ2) is 7.95. The van der Waals surface area contributed by atoms with Gasteiger partial charge in [-0.15, -0.1) is 0 Å². The molecule has 0 unspecified atom stereocenters. The van der Waals surface area contributed by atoms with Crippen LogP contribution in [0.5, 0.6) is 0 Å². The molecule has 1 aliphatic heterocycles. The lowest BCUT2D eigenvalue weighted by Crippen LogP contribution is -2.47. The molecule has 0 spiro atoms. The van der Waals surface area contributed by atoms with Crippen LogP contribution in [0.4, 0.5) is 4.39 Å². The Morgan fingerprint density at radius 2 is 1.84 bits per heavy atom. The number of hydrogen-bond donors (Lipinski definition) is 1. The van der Waals surface area contributed by atoms with Crippen LogP contribution < -0.4 is 5.32 Å². The summed E-state index contributed by atoms with van der Waals surface area (Å²) in [5.41, 5.74) is 0.939. The summed E-state index contributed by atoms with van der Waals surface area (Å²) in [5.74, 6) is -0.281. The first kappa shape index (κ1) is 17.9. The molecule has 136 valence electrons. The Kier molecular flexibility index (Phi) is 5.68. The molecule has 1 aromatic carbocycles. The number of nitrogens with zero attached hydrogens (tertiary/aromatic N) is 1. The topological polar surface area (TPSA) is 58.6 Å². The number of nitrogens with one attached hydrogen (secondary N) is 1. The Morgan fingerprint density at radius 3 is 2.48 bits per heavy atom. The highest BCUT2D eigenvalue weighted by Crippen LogP contribution is 2.39. The van der Waals surface area contributed by atoms with Crippen LogP contribution >= 0.6 is 0 Å². The summed E-state index contributed by atoms with van der Waals surface area (Å²) in [6, 6.07) is 6.27. The van der Waals surface area contributed by atoms with E-state index >= 15 is 0 Å². The number of halogens is 1. The van der Waals surface area contributed by atoms with E-state index in [0.29, 0.717) is 26.1 Å². The molecule has 1 saturated carbocycles. The van der Waals surface area contributed by atoms with Crippen LogP contribution in [0.15, 0.2) is 24.3 Å². The number of piperidine rings is 1. The van der Waals surface area contributed by atoms with Crippen molar-refractivity contribution in [3.8, 4) is 0 Å². The van der Waals surface area contributed by atoms with Gasteiger partial charge < -0.3 is 15.0 Å². The van der Waals surface area contributed by atoms with Crippen molar-refractivity contribution in [1.82, 2.24) is 10.2 Å².